The summed E-state index contributed by atoms with van der Waals surface area (Å²) in [5, 5.41) is 11.2. The maximum atomic E-state index is 11.6. The number of ether oxygens (including phenoxy) is 2. The predicted octanol–water partition coefficient (Wildman–Crippen LogP) is 0.647. The normalized spacial score (nSPS) is 16.9. The Morgan fingerprint density at radius 1 is 1.47 bits per heavy atom. The fourth-order valence-corrected chi connectivity index (χ4v) is 1.68. The summed E-state index contributed by atoms with van der Waals surface area (Å²) >= 11 is 0. The monoisotopic (exact) mass is 265 g/mol. The van der Waals surface area contributed by atoms with Crippen LogP contribution in [0.5, 0.6) is 5.75 Å². The number of aliphatic carboxylic acids is 1. The van der Waals surface area contributed by atoms with Crippen molar-refractivity contribution in [1.82, 2.24) is 0 Å². The van der Waals surface area contributed by atoms with Crippen LogP contribution in [-0.4, -0.2) is 36.2 Å². The van der Waals surface area contributed by atoms with Gasteiger partial charge >= 0.3 is 11.9 Å². The van der Waals surface area contributed by atoms with E-state index < -0.39 is 30.4 Å². The van der Waals surface area contributed by atoms with Crippen molar-refractivity contribution in [2.75, 3.05) is 12.4 Å². The molecule has 1 unspecified atom stereocenters. The number of methoxy groups -OCH3 is 1. The zero-order valence-electron chi connectivity index (χ0n) is 10.0. The van der Waals surface area contributed by atoms with E-state index in [4.69, 9.17) is 9.84 Å². The molecule has 0 aliphatic carbocycles. The van der Waals surface area contributed by atoms with Crippen molar-refractivity contribution in [2.45, 2.75) is 12.5 Å². The maximum absolute atomic E-state index is 11.6. The molecule has 2 N–H and O–H groups in total. The summed E-state index contributed by atoms with van der Waals surface area (Å²) in [6.45, 7) is 0. The minimum atomic E-state index is -1.15. The first kappa shape index (κ1) is 12.9. The minimum Gasteiger partial charge on any atom is -0.481 e. The smallest absolute Gasteiger partial charge is 0.337 e. The molecule has 0 fully saturated rings. The molecule has 0 radical (unpaired) electrons. The van der Waals surface area contributed by atoms with E-state index in [1.165, 1.54) is 25.3 Å². The molecule has 0 aromatic heterocycles. The Hall–Kier alpha value is -2.57. The number of fused-ring (bicyclic) bond motifs is 1. The molecule has 1 amide bonds. The third-order valence-electron chi connectivity index (χ3n) is 2.58. The number of rotatable bonds is 3. The number of nitrogens with one attached hydrogen (secondary N) is 1. The van der Waals surface area contributed by atoms with Gasteiger partial charge in [-0.15, -0.1) is 0 Å². The molecular weight excluding hydrogens is 254 g/mol. The summed E-state index contributed by atoms with van der Waals surface area (Å²) in [6, 6.07) is 4.37. The average molecular weight is 265 g/mol. The number of anilines is 1. The van der Waals surface area contributed by atoms with Gasteiger partial charge in [-0.05, 0) is 18.2 Å². The molecule has 1 aliphatic heterocycles. The van der Waals surface area contributed by atoms with Gasteiger partial charge in [0.15, 0.2) is 6.10 Å². The summed E-state index contributed by atoms with van der Waals surface area (Å²) in [7, 11) is 1.25. The number of carboxylic acids is 1. The van der Waals surface area contributed by atoms with Gasteiger partial charge in [0.25, 0.3) is 5.91 Å². The van der Waals surface area contributed by atoms with Crippen molar-refractivity contribution in [3.63, 3.8) is 0 Å². The highest BCUT2D eigenvalue weighted by Gasteiger charge is 2.30. The lowest BCUT2D eigenvalue weighted by Crippen LogP contribution is -2.38. The van der Waals surface area contributed by atoms with Crippen molar-refractivity contribution in [2.24, 2.45) is 0 Å². The third-order valence-corrected chi connectivity index (χ3v) is 2.58. The van der Waals surface area contributed by atoms with Crippen molar-refractivity contribution in [3.05, 3.63) is 23.8 Å². The van der Waals surface area contributed by atoms with E-state index in [0.29, 0.717) is 5.69 Å². The van der Waals surface area contributed by atoms with Gasteiger partial charge in [-0.2, -0.15) is 0 Å². The summed E-state index contributed by atoms with van der Waals surface area (Å²) in [4.78, 5) is 33.6. The molecule has 1 atom stereocenters. The Kier molecular flexibility index (Phi) is 3.37. The standard InChI is InChI=1S/C12H11NO6/c1-18-12(17)6-2-3-7-8(4-6)19-9(5-10(14)15)11(16)13-7/h2-4,9H,5H2,1H3,(H,13,16)(H,14,15). The van der Waals surface area contributed by atoms with Gasteiger partial charge in [0.2, 0.25) is 0 Å². The molecule has 1 heterocycles. The second kappa shape index (κ2) is 4.97. The predicted molar refractivity (Wildman–Crippen MR) is 63.1 cm³/mol. The molecule has 1 aromatic carbocycles. The van der Waals surface area contributed by atoms with Gasteiger partial charge in [-0.25, -0.2) is 4.79 Å². The first-order chi connectivity index (χ1) is 9.01. The number of amides is 1. The molecule has 0 saturated carbocycles. The van der Waals surface area contributed by atoms with Crippen LogP contribution < -0.4 is 10.1 Å². The molecule has 19 heavy (non-hydrogen) atoms. The van der Waals surface area contributed by atoms with E-state index in [0.717, 1.165) is 0 Å². The first-order valence-corrected chi connectivity index (χ1v) is 5.43. The summed E-state index contributed by atoms with van der Waals surface area (Å²) in [5.41, 5.74) is 0.644. The molecule has 2 rings (SSSR count). The molecule has 0 bridgehead atoms. The lowest BCUT2D eigenvalue weighted by molar-refractivity contribution is -0.142. The van der Waals surface area contributed by atoms with E-state index in [1.807, 2.05) is 0 Å². The van der Waals surface area contributed by atoms with E-state index in [2.05, 4.69) is 10.1 Å². The van der Waals surface area contributed by atoms with Crippen LogP contribution in [0, 0.1) is 0 Å². The number of benzene rings is 1. The SMILES string of the molecule is COC(=O)c1ccc2c(c1)OC(CC(=O)O)C(=O)N2. The Morgan fingerprint density at radius 2 is 2.21 bits per heavy atom. The molecular formula is C12H11NO6. The molecule has 1 aliphatic rings. The number of esters is 1. The van der Waals surface area contributed by atoms with Gasteiger partial charge in [0.1, 0.15) is 5.75 Å². The van der Waals surface area contributed by atoms with Crippen LogP contribution >= 0.6 is 0 Å². The van der Waals surface area contributed by atoms with Gasteiger partial charge in [0, 0.05) is 0 Å². The molecule has 100 valence electrons. The maximum Gasteiger partial charge on any atom is 0.337 e. The van der Waals surface area contributed by atoms with Crippen LogP contribution in [0.15, 0.2) is 18.2 Å². The van der Waals surface area contributed by atoms with Crippen molar-refractivity contribution >= 4 is 23.5 Å². The Bertz CT molecular complexity index is 553. The second-order valence-corrected chi connectivity index (χ2v) is 3.90. The summed E-state index contributed by atoms with van der Waals surface area (Å²) in [6.07, 6.45) is -1.56. The van der Waals surface area contributed by atoms with Gasteiger partial charge in [-0.1, -0.05) is 0 Å². The van der Waals surface area contributed by atoms with E-state index in [-0.39, 0.29) is 11.3 Å². The summed E-state index contributed by atoms with van der Waals surface area (Å²) in [5.74, 6) is -1.97. The number of hydrogen-bond acceptors (Lipinski definition) is 5. The average Bonchev–Trinajstić information content (AvgIpc) is 2.37. The zero-order chi connectivity index (χ0) is 14.0. The van der Waals surface area contributed by atoms with E-state index >= 15 is 0 Å². The molecule has 0 spiro atoms. The highest BCUT2D eigenvalue weighted by molar-refractivity contribution is 6.00. The zero-order valence-corrected chi connectivity index (χ0v) is 10.0. The lowest BCUT2D eigenvalue weighted by atomic mass is 10.1. The summed E-state index contributed by atoms with van der Waals surface area (Å²) < 4.78 is 9.85. The first-order valence-electron chi connectivity index (χ1n) is 5.43. The highest BCUT2D eigenvalue weighted by atomic mass is 16.5. The number of carbonyl (C=O) groups excluding carboxylic acids is 2. The Morgan fingerprint density at radius 3 is 2.84 bits per heavy atom. The van der Waals surface area contributed by atoms with Crippen LogP contribution in [0.1, 0.15) is 16.8 Å². The molecule has 0 saturated heterocycles. The number of carboxylic acid groups (broad SMARTS) is 1. The quantitative estimate of drug-likeness (QED) is 0.778. The highest BCUT2D eigenvalue weighted by Crippen LogP contribution is 2.31. The van der Waals surface area contributed by atoms with Crippen LogP contribution in [0.2, 0.25) is 0 Å². The van der Waals surface area contributed by atoms with Crippen molar-refractivity contribution in [3.8, 4) is 5.75 Å². The van der Waals surface area contributed by atoms with Crippen LogP contribution in [0.25, 0.3) is 0 Å². The minimum absolute atomic E-state index is 0.244. The van der Waals surface area contributed by atoms with E-state index in [1.54, 1.807) is 0 Å². The van der Waals surface area contributed by atoms with Crippen LogP contribution in [0.3, 0.4) is 0 Å². The largest absolute Gasteiger partial charge is 0.481 e. The van der Waals surface area contributed by atoms with Gasteiger partial charge < -0.3 is 19.9 Å². The van der Waals surface area contributed by atoms with E-state index in [9.17, 15) is 14.4 Å². The Balaban J connectivity index is 2.28. The third kappa shape index (κ3) is 2.65. The topological polar surface area (TPSA) is 102 Å². The fourth-order valence-electron chi connectivity index (χ4n) is 1.68. The van der Waals surface area contributed by atoms with Crippen LogP contribution in [0.4, 0.5) is 5.69 Å². The molecule has 1 aromatic rings. The second-order valence-electron chi connectivity index (χ2n) is 3.90. The van der Waals surface area contributed by atoms with Crippen LogP contribution in [-0.2, 0) is 14.3 Å². The fraction of sp³-hybridized carbons (Fsp3) is 0.250. The van der Waals surface area contributed by atoms with Gasteiger partial charge in [-0.3, -0.25) is 9.59 Å². The lowest BCUT2D eigenvalue weighted by Gasteiger charge is -2.25. The van der Waals surface area contributed by atoms with Gasteiger partial charge in [0.05, 0.1) is 24.8 Å². The Labute approximate surface area is 108 Å². The number of carbonyl (C=O) groups is 3. The van der Waals surface area contributed by atoms with Crippen molar-refractivity contribution < 1.29 is 29.0 Å². The number of hydrogen-bond donors (Lipinski definition) is 2. The molecule has 7 heteroatoms. The van der Waals surface area contributed by atoms with Crippen molar-refractivity contribution in [1.29, 1.82) is 0 Å². The molecule has 7 nitrogen and oxygen atoms in total.